The van der Waals surface area contributed by atoms with Crippen molar-refractivity contribution in [3.05, 3.63) is 34.9 Å². The third kappa shape index (κ3) is 5.34. The fraction of sp³-hybridized carbons (Fsp3) is 0.333. The molecule has 17 heavy (non-hydrogen) atoms. The van der Waals surface area contributed by atoms with Crippen molar-refractivity contribution in [2.75, 3.05) is 13.1 Å². The molecule has 1 aromatic rings. The summed E-state index contributed by atoms with van der Waals surface area (Å²) in [6.45, 7) is 1.14. The molecule has 0 saturated carbocycles. The van der Waals surface area contributed by atoms with Gasteiger partial charge in [-0.25, -0.2) is 0 Å². The Morgan fingerprint density at radius 3 is 2.59 bits per heavy atom. The number of nitriles is 1. The standard InChI is InChI=1S/C12H13ClN2O2/c13-11-3-1-10(2-4-11)9-15(8-6-14)7-5-12(16)17/h1-4H,5,7-9H2,(H,16,17). The van der Waals surface area contributed by atoms with Crippen LogP contribution in [0.1, 0.15) is 12.0 Å². The Balaban J connectivity index is 2.56. The van der Waals surface area contributed by atoms with E-state index in [2.05, 4.69) is 0 Å². The summed E-state index contributed by atoms with van der Waals surface area (Å²) in [5, 5.41) is 17.9. The van der Waals surface area contributed by atoms with E-state index in [1.807, 2.05) is 18.2 Å². The third-order valence-electron chi connectivity index (χ3n) is 2.26. The van der Waals surface area contributed by atoms with Crippen molar-refractivity contribution in [1.82, 2.24) is 4.90 Å². The van der Waals surface area contributed by atoms with E-state index in [1.165, 1.54) is 0 Å². The van der Waals surface area contributed by atoms with Gasteiger partial charge in [-0.05, 0) is 17.7 Å². The van der Waals surface area contributed by atoms with Crippen LogP contribution in [0.25, 0.3) is 0 Å². The number of carboxylic acid groups (broad SMARTS) is 1. The van der Waals surface area contributed by atoms with Crippen LogP contribution in [0.3, 0.4) is 0 Å². The summed E-state index contributed by atoms with van der Waals surface area (Å²) in [7, 11) is 0. The topological polar surface area (TPSA) is 64.3 Å². The van der Waals surface area contributed by atoms with Crippen LogP contribution >= 0.6 is 11.6 Å². The minimum atomic E-state index is -0.857. The minimum absolute atomic E-state index is 0.0370. The molecule has 0 atom stereocenters. The fourth-order valence-electron chi connectivity index (χ4n) is 1.42. The number of rotatable bonds is 6. The van der Waals surface area contributed by atoms with Gasteiger partial charge in [0.2, 0.25) is 0 Å². The van der Waals surface area contributed by atoms with Crippen LogP contribution in [0.15, 0.2) is 24.3 Å². The minimum Gasteiger partial charge on any atom is -0.481 e. The summed E-state index contributed by atoms with van der Waals surface area (Å²) in [4.78, 5) is 12.3. The maximum atomic E-state index is 10.5. The molecule has 0 amide bonds. The van der Waals surface area contributed by atoms with E-state index in [0.29, 0.717) is 18.1 Å². The van der Waals surface area contributed by atoms with Crippen LogP contribution in [0, 0.1) is 11.3 Å². The zero-order valence-electron chi connectivity index (χ0n) is 9.27. The second-order valence-electron chi connectivity index (χ2n) is 3.64. The Labute approximate surface area is 105 Å². The highest BCUT2D eigenvalue weighted by atomic mass is 35.5. The zero-order chi connectivity index (χ0) is 12.7. The summed E-state index contributed by atoms with van der Waals surface area (Å²) >= 11 is 5.77. The Morgan fingerprint density at radius 2 is 2.06 bits per heavy atom. The molecule has 1 rings (SSSR count). The molecule has 1 aromatic carbocycles. The van der Waals surface area contributed by atoms with Crippen LogP contribution in [0.2, 0.25) is 5.02 Å². The van der Waals surface area contributed by atoms with Crippen LogP contribution < -0.4 is 0 Å². The molecular weight excluding hydrogens is 240 g/mol. The van der Waals surface area contributed by atoms with Gasteiger partial charge in [-0.3, -0.25) is 9.69 Å². The van der Waals surface area contributed by atoms with Crippen LogP contribution in [0.5, 0.6) is 0 Å². The van der Waals surface area contributed by atoms with Gasteiger partial charge in [0.25, 0.3) is 0 Å². The van der Waals surface area contributed by atoms with E-state index in [0.717, 1.165) is 5.56 Å². The van der Waals surface area contributed by atoms with Crippen molar-refractivity contribution < 1.29 is 9.90 Å². The Morgan fingerprint density at radius 1 is 1.41 bits per heavy atom. The molecule has 0 radical (unpaired) electrons. The average molecular weight is 253 g/mol. The molecule has 1 N–H and O–H groups in total. The monoisotopic (exact) mass is 252 g/mol. The lowest BCUT2D eigenvalue weighted by molar-refractivity contribution is -0.137. The first-order valence-corrected chi connectivity index (χ1v) is 5.55. The molecule has 0 aliphatic heterocycles. The molecule has 90 valence electrons. The molecule has 0 unspecified atom stereocenters. The van der Waals surface area contributed by atoms with Gasteiger partial charge in [0.1, 0.15) is 0 Å². The zero-order valence-corrected chi connectivity index (χ0v) is 10.0. The molecule has 0 bridgehead atoms. The molecule has 0 fully saturated rings. The molecule has 0 aliphatic carbocycles. The number of nitrogens with zero attached hydrogens (tertiary/aromatic N) is 2. The summed E-state index contributed by atoms with van der Waals surface area (Å²) in [5.74, 6) is -0.857. The molecule has 0 heterocycles. The number of carboxylic acids is 1. The van der Waals surface area contributed by atoms with E-state index < -0.39 is 5.97 Å². The second kappa shape index (κ2) is 6.89. The second-order valence-corrected chi connectivity index (χ2v) is 4.08. The maximum absolute atomic E-state index is 10.5. The predicted molar refractivity (Wildman–Crippen MR) is 64.6 cm³/mol. The van der Waals surface area contributed by atoms with Crippen molar-refractivity contribution in [3.8, 4) is 6.07 Å². The first kappa shape index (κ1) is 13.5. The van der Waals surface area contributed by atoms with Gasteiger partial charge in [0.05, 0.1) is 19.0 Å². The highest BCUT2D eigenvalue weighted by Crippen LogP contribution is 2.11. The first-order chi connectivity index (χ1) is 8.11. The fourth-order valence-corrected chi connectivity index (χ4v) is 1.54. The lowest BCUT2D eigenvalue weighted by Gasteiger charge is -2.17. The van der Waals surface area contributed by atoms with Crippen LogP contribution in [0.4, 0.5) is 0 Å². The SMILES string of the molecule is N#CCN(CCC(=O)O)Cc1ccc(Cl)cc1. The largest absolute Gasteiger partial charge is 0.481 e. The smallest absolute Gasteiger partial charge is 0.304 e. The Bertz CT molecular complexity index is 412. The van der Waals surface area contributed by atoms with E-state index in [4.69, 9.17) is 22.0 Å². The lowest BCUT2D eigenvalue weighted by atomic mass is 10.2. The number of hydrogen-bond donors (Lipinski definition) is 1. The van der Waals surface area contributed by atoms with Crippen LogP contribution in [-0.2, 0) is 11.3 Å². The highest BCUT2D eigenvalue weighted by Gasteiger charge is 2.07. The van der Waals surface area contributed by atoms with Crippen molar-refractivity contribution in [2.24, 2.45) is 0 Å². The number of halogens is 1. The van der Waals surface area contributed by atoms with Crippen LogP contribution in [-0.4, -0.2) is 29.1 Å². The quantitative estimate of drug-likeness (QED) is 0.788. The van der Waals surface area contributed by atoms with E-state index in [1.54, 1.807) is 17.0 Å². The van der Waals surface area contributed by atoms with Gasteiger partial charge in [-0.15, -0.1) is 0 Å². The van der Waals surface area contributed by atoms with Gasteiger partial charge < -0.3 is 5.11 Å². The summed E-state index contributed by atoms with van der Waals surface area (Å²) < 4.78 is 0. The average Bonchev–Trinajstić information content (AvgIpc) is 2.29. The van der Waals surface area contributed by atoms with Crippen molar-refractivity contribution in [1.29, 1.82) is 5.26 Å². The number of carbonyl (C=O) groups is 1. The van der Waals surface area contributed by atoms with Crippen molar-refractivity contribution >= 4 is 17.6 Å². The normalized spacial score (nSPS) is 10.2. The molecular formula is C12H13ClN2O2. The van der Waals surface area contributed by atoms with Gasteiger partial charge in [0, 0.05) is 18.1 Å². The van der Waals surface area contributed by atoms with Gasteiger partial charge >= 0.3 is 5.97 Å². The third-order valence-corrected chi connectivity index (χ3v) is 2.51. The van der Waals surface area contributed by atoms with E-state index in [-0.39, 0.29) is 13.0 Å². The van der Waals surface area contributed by atoms with Gasteiger partial charge in [0.15, 0.2) is 0 Å². The van der Waals surface area contributed by atoms with E-state index in [9.17, 15) is 4.79 Å². The molecule has 0 spiro atoms. The number of aliphatic carboxylic acids is 1. The summed E-state index contributed by atoms with van der Waals surface area (Å²) in [6.07, 6.45) is 0.0370. The van der Waals surface area contributed by atoms with Crippen molar-refractivity contribution in [3.63, 3.8) is 0 Å². The lowest BCUT2D eigenvalue weighted by Crippen LogP contribution is -2.26. The molecule has 0 aromatic heterocycles. The molecule has 0 saturated heterocycles. The summed E-state index contributed by atoms with van der Waals surface area (Å²) in [5.41, 5.74) is 1.01. The first-order valence-electron chi connectivity index (χ1n) is 5.17. The van der Waals surface area contributed by atoms with Gasteiger partial charge in [-0.2, -0.15) is 5.26 Å². The maximum Gasteiger partial charge on any atom is 0.304 e. The van der Waals surface area contributed by atoms with E-state index >= 15 is 0 Å². The van der Waals surface area contributed by atoms with Crippen molar-refractivity contribution in [2.45, 2.75) is 13.0 Å². The van der Waals surface area contributed by atoms with Gasteiger partial charge in [-0.1, -0.05) is 23.7 Å². The molecule has 4 nitrogen and oxygen atoms in total. The number of hydrogen-bond acceptors (Lipinski definition) is 3. The number of benzene rings is 1. The Hall–Kier alpha value is -1.57. The summed E-state index contributed by atoms with van der Waals surface area (Å²) in [6, 6.07) is 9.32. The Kier molecular flexibility index (Phi) is 5.47. The molecule has 0 aliphatic rings. The predicted octanol–water partition coefficient (Wildman–Crippen LogP) is 2.14. The highest BCUT2D eigenvalue weighted by molar-refractivity contribution is 6.30. The molecule has 5 heteroatoms.